The predicted octanol–water partition coefficient (Wildman–Crippen LogP) is 0.948. The van der Waals surface area contributed by atoms with E-state index < -0.39 is 5.41 Å². The molecule has 19 heavy (non-hydrogen) atoms. The Hall–Kier alpha value is -1.69. The number of carbonyl (C=O) groups excluding carboxylic acids is 2. The summed E-state index contributed by atoms with van der Waals surface area (Å²) in [6.07, 6.45) is 3.33. The summed E-state index contributed by atoms with van der Waals surface area (Å²) in [4.78, 5) is 26.0. The number of aromatic nitrogens is 2. The van der Waals surface area contributed by atoms with Crippen molar-refractivity contribution in [3.05, 3.63) is 11.8 Å². The zero-order valence-corrected chi connectivity index (χ0v) is 11.6. The van der Waals surface area contributed by atoms with E-state index in [1.165, 1.54) is 4.90 Å². The van der Waals surface area contributed by atoms with Crippen LogP contribution in [-0.4, -0.2) is 21.6 Å². The first-order valence-electron chi connectivity index (χ1n) is 6.59. The Morgan fingerprint density at radius 2 is 2.00 bits per heavy atom. The van der Waals surface area contributed by atoms with Crippen molar-refractivity contribution in [2.24, 2.45) is 18.2 Å². The van der Waals surface area contributed by atoms with Crippen molar-refractivity contribution in [3.63, 3.8) is 0 Å². The molecule has 2 N–H and O–H groups in total. The molecule has 2 rings (SSSR count). The van der Waals surface area contributed by atoms with Crippen LogP contribution in [0.1, 0.15) is 38.7 Å². The Labute approximate surface area is 112 Å². The fourth-order valence-corrected chi connectivity index (χ4v) is 2.67. The van der Waals surface area contributed by atoms with E-state index >= 15 is 0 Å². The van der Waals surface area contributed by atoms with E-state index in [9.17, 15) is 9.59 Å². The average Bonchev–Trinajstić information content (AvgIpc) is 2.87. The lowest BCUT2D eigenvalue weighted by Crippen LogP contribution is -2.36. The molecule has 104 valence electrons. The number of amides is 2. The molecule has 0 spiro atoms. The number of hydrogen-bond acceptors (Lipinski definition) is 4. The second kappa shape index (κ2) is 4.77. The molecule has 0 aliphatic carbocycles. The number of aryl methyl sites for hydroxylation is 1. The fraction of sp³-hybridized carbons (Fsp3) is 0.615. The van der Waals surface area contributed by atoms with E-state index in [0.717, 1.165) is 0 Å². The maximum atomic E-state index is 12.6. The minimum atomic E-state index is -0.569. The van der Waals surface area contributed by atoms with Crippen molar-refractivity contribution in [2.75, 3.05) is 4.90 Å². The van der Waals surface area contributed by atoms with Crippen molar-refractivity contribution in [3.8, 4) is 0 Å². The number of hydrogen-bond donors (Lipinski definition) is 1. The number of anilines is 1. The molecule has 1 aliphatic rings. The summed E-state index contributed by atoms with van der Waals surface area (Å²) in [5, 5.41) is 4.22. The van der Waals surface area contributed by atoms with Gasteiger partial charge < -0.3 is 5.73 Å². The predicted molar refractivity (Wildman–Crippen MR) is 71.2 cm³/mol. The number of carbonyl (C=O) groups is 2. The molecular weight excluding hydrogens is 244 g/mol. The summed E-state index contributed by atoms with van der Waals surface area (Å²) >= 11 is 0. The van der Waals surface area contributed by atoms with Crippen LogP contribution < -0.4 is 10.6 Å². The van der Waals surface area contributed by atoms with E-state index in [4.69, 9.17) is 5.73 Å². The van der Waals surface area contributed by atoms with Gasteiger partial charge in [-0.2, -0.15) is 5.10 Å². The molecule has 0 unspecified atom stereocenters. The standard InChI is InChI=1S/C13H20N4O2/c1-4-13(5-2)6-10(18)17(12(13)19)11-9(7-14)8-16(3)15-11/h8H,4-7,14H2,1-3H3. The summed E-state index contributed by atoms with van der Waals surface area (Å²) < 4.78 is 1.58. The molecule has 1 saturated heterocycles. The van der Waals surface area contributed by atoms with E-state index in [2.05, 4.69) is 5.10 Å². The van der Waals surface area contributed by atoms with E-state index in [-0.39, 0.29) is 24.8 Å². The van der Waals surface area contributed by atoms with Crippen LogP contribution in [0.3, 0.4) is 0 Å². The number of nitrogens with two attached hydrogens (primary N) is 1. The van der Waals surface area contributed by atoms with E-state index in [1.807, 2.05) is 13.8 Å². The highest BCUT2D eigenvalue weighted by atomic mass is 16.2. The van der Waals surface area contributed by atoms with Gasteiger partial charge in [0.15, 0.2) is 5.82 Å². The van der Waals surface area contributed by atoms with Crippen molar-refractivity contribution in [2.45, 2.75) is 39.7 Å². The third kappa shape index (κ3) is 1.96. The molecule has 6 nitrogen and oxygen atoms in total. The topological polar surface area (TPSA) is 81.2 Å². The lowest BCUT2D eigenvalue weighted by molar-refractivity contribution is -0.126. The third-order valence-corrected chi connectivity index (χ3v) is 4.06. The Bertz CT molecular complexity index is 517. The third-order valence-electron chi connectivity index (χ3n) is 4.06. The Kier molecular flexibility index (Phi) is 3.45. The van der Waals surface area contributed by atoms with Crippen molar-refractivity contribution >= 4 is 17.6 Å². The van der Waals surface area contributed by atoms with Gasteiger partial charge in [0, 0.05) is 31.8 Å². The smallest absolute Gasteiger partial charge is 0.241 e. The second-order valence-electron chi connectivity index (χ2n) is 5.05. The molecule has 0 saturated carbocycles. The van der Waals surface area contributed by atoms with Crippen LogP contribution in [0.15, 0.2) is 6.20 Å². The molecule has 2 heterocycles. The highest BCUT2D eigenvalue weighted by molar-refractivity contribution is 6.22. The summed E-state index contributed by atoms with van der Waals surface area (Å²) in [6.45, 7) is 4.15. The van der Waals surface area contributed by atoms with Crippen LogP contribution in [0.2, 0.25) is 0 Å². The van der Waals surface area contributed by atoms with Gasteiger partial charge in [-0.25, -0.2) is 4.90 Å². The van der Waals surface area contributed by atoms with E-state index in [1.54, 1.807) is 17.9 Å². The van der Waals surface area contributed by atoms with Gasteiger partial charge in [0.05, 0.1) is 5.41 Å². The molecule has 6 heteroatoms. The largest absolute Gasteiger partial charge is 0.326 e. The van der Waals surface area contributed by atoms with Gasteiger partial charge in [0.2, 0.25) is 11.8 Å². The van der Waals surface area contributed by atoms with Crippen LogP contribution in [0.5, 0.6) is 0 Å². The molecule has 1 aromatic heterocycles. The fourth-order valence-electron chi connectivity index (χ4n) is 2.67. The maximum absolute atomic E-state index is 12.6. The first-order valence-corrected chi connectivity index (χ1v) is 6.59. The molecular formula is C13H20N4O2. The summed E-state index contributed by atoms with van der Waals surface area (Å²) in [7, 11) is 1.75. The Morgan fingerprint density at radius 3 is 2.47 bits per heavy atom. The average molecular weight is 264 g/mol. The summed E-state index contributed by atoms with van der Waals surface area (Å²) in [6, 6.07) is 0. The first-order chi connectivity index (χ1) is 8.99. The van der Waals surface area contributed by atoms with Gasteiger partial charge in [0.25, 0.3) is 0 Å². The number of imide groups is 1. The first kappa shape index (κ1) is 13.7. The van der Waals surface area contributed by atoms with Gasteiger partial charge in [-0.1, -0.05) is 13.8 Å². The molecule has 0 aromatic carbocycles. The Morgan fingerprint density at radius 1 is 1.37 bits per heavy atom. The number of nitrogens with zero attached hydrogens (tertiary/aromatic N) is 3. The van der Waals surface area contributed by atoms with Gasteiger partial charge in [-0.3, -0.25) is 14.3 Å². The van der Waals surface area contributed by atoms with Gasteiger partial charge >= 0.3 is 0 Å². The lowest BCUT2D eigenvalue weighted by Gasteiger charge is -2.23. The van der Waals surface area contributed by atoms with Gasteiger partial charge in [-0.15, -0.1) is 0 Å². The molecule has 2 amide bonds. The summed E-state index contributed by atoms with van der Waals surface area (Å²) in [5.74, 6) is 0.0711. The van der Waals surface area contributed by atoms with Crippen LogP contribution in [0.25, 0.3) is 0 Å². The van der Waals surface area contributed by atoms with Crippen molar-refractivity contribution in [1.82, 2.24) is 9.78 Å². The maximum Gasteiger partial charge on any atom is 0.241 e. The van der Waals surface area contributed by atoms with Crippen LogP contribution in [-0.2, 0) is 23.2 Å². The lowest BCUT2D eigenvalue weighted by atomic mass is 9.81. The minimum absolute atomic E-state index is 0.143. The van der Waals surface area contributed by atoms with Gasteiger partial charge in [0.1, 0.15) is 0 Å². The highest BCUT2D eigenvalue weighted by Gasteiger charge is 2.50. The normalized spacial score (nSPS) is 18.4. The van der Waals surface area contributed by atoms with Crippen LogP contribution in [0.4, 0.5) is 5.82 Å². The monoisotopic (exact) mass is 264 g/mol. The molecule has 1 fully saturated rings. The van der Waals surface area contributed by atoms with Crippen molar-refractivity contribution < 1.29 is 9.59 Å². The Balaban J connectivity index is 2.45. The number of rotatable bonds is 4. The SMILES string of the molecule is CCC1(CC)CC(=O)N(c2nn(C)cc2CN)C1=O. The molecule has 1 aromatic rings. The quantitative estimate of drug-likeness (QED) is 0.821. The zero-order valence-electron chi connectivity index (χ0n) is 11.6. The van der Waals surface area contributed by atoms with Gasteiger partial charge in [-0.05, 0) is 12.8 Å². The van der Waals surface area contributed by atoms with E-state index in [0.29, 0.717) is 24.2 Å². The van der Waals surface area contributed by atoms with Crippen LogP contribution in [0, 0.1) is 5.41 Å². The summed E-state index contributed by atoms with van der Waals surface area (Å²) in [5.41, 5.74) is 5.80. The zero-order chi connectivity index (χ0) is 14.2. The van der Waals surface area contributed by atoms with Crippen molar-refractivity contribution in [1.29, 1.82) is 0 Å². The second-order valence-corrected chi connectivity index (χ2v) is 5.05. The molecule has 0 atom stereocenters. The minimum Gasteiger partial charge on any atom is -0.326 e. The van der Waals surface area contributed by atoms with Crippen LogP contribution >= 0.6 is 0 Å². The molecule has 0 radical (unpaired) electrons. The molecule has 0 bridgehead atoms. The molecule has 1 aliphatic heterocycles. The highest BCUT2D eigenvalue weighted by Crippen LogP contribution is 2.41.